The molecule has 0 aliphatic heterocycles. The van der Waals surface area contributed by atoms with Gasteiger partial charge in [0.2, 0.25) is 0 Å². The molecule has 0 atom stereocenters. The van der Waals surface area contributed by atoms with E-state index in [2.05, 4.69) is 4.18 Å². The van der Waals surface area contributed by atoms with Gasteiger partial charge in [0, 0.05) is 6.61 Å². The Morgan fingerprint density at radius 1 is 1.27 bits per heavy atom. The molecule has 0 amide bonds. The quantitative estimate of drug-likeness (QED) is 0.312. The molecule has 5 nitrogen and oxygen atoms in total. The van der Waals surface area contributed by atoms with E-state index < -0.39 is 16.9 Å². The van der Waals surface area contributed by atoms with E-state index in [0.29, 0.717) is 0 Å². The molecule has 0 heterocycles. The average Bonchev–Trinajstić information content (AvgIpc) is 1.84. The van der Waals surface area contributed by atoms with Crippen molar-refractivity contribution in [3.05, 3.63) is 0 Å². The third-order valence-corrected chi connectivity index (χ3v) is 2.04. The van der Waals surface area contributed by atoms with Crippen LogP contribution in [-0.4, -0.2) is 89.2 Å². The number of aliphatic hydroxyl groups is 2. The van der Waals surface area contributed by atoms with Crippen LogP contribution in [-0.2, 0) is 14.3 Å². The summed E-state index contributed by atoms with van der Waals surface area (Å²) in [5, 5.41) is 16.3. The van der Waals surface area contributed by atoms with Crippen molar-refractivity contribution >= 4 is 61.5 Å². The molecule has 2 N–H and O–H groups in total. The maximum atomic E-state index is 10.5. The first-order chi connectivity index (χ1) is 4.62. The minimum absolute atomic E-state index is 0. The van der Waals surface area contributed by atoms with Gasteiger partial charge in [-0.15, -0.1) is 0 Å². The van der Waals surface area contributed by atoms with Crippen LogP contribution in [0.15, 0.2) is 0 Å². The molecule has 0 spiro atoms. The van der Waals surface area contributed by atoms with Gasteiger partial charge in [-0.3, -0.25) is 0 Å². The Bertz CT molecular complexity index is 165. The number of aliphatic hydroxyl groups excluding tert-OH is 2. The predicted molar refractivity (Wildman–Crippen MR) is 40.8 cm³/mol. The molecular formula is C4H11KO5S. The molecule has 7 heteroatoms. The Morgan fingerprint density at radius 2 is 1.82 bits per heavy atom. The normalized spacial score (nSPS) is 10.7. The second-order valence-electron chi connectivity index (χ2n) is 1.59. The minimum atomic E-state index is -3.60. The van der Waals surface area contributed by atoms with Crippen molar-refractivity contribution in [2.24, 2.45) is 0 Å². The topological polar surface area (TPSA) is 83.8 Å². The van der Waals surface area contributed by atoms with Crippen molar-refractivity contribution < 1.29 is 22.8 Å². The second-order valence-corrected chi connectivity index (χ2v) is 3.35. The van der Waals surface area contributed by atoms with Gasteiger partial charge in [0.05, 0.1) is 5.75 Å². The molecule has 0 rings (SSSR count). The van der Waals surface area contributed by atoms with Gasteiger partial charge in [-0.25, -0.2) is 4.18 Å². The molecule has 0 saturated heterocycles. The zero-order chi connectivity index (χ0) is 8.04. The van der Waals surface area contributed by atoms with Crippen LogP contribution in [0.5, 0.6) is 0 Å². The van der Waals surface area contributed by atoms with Crippen LogP contribution in [0.25, 0.3) is 0 Å². The number of hydrogen-bond donors (Lipinski definition) is 2. The Labute approximate surface area is 108 Å². The standard InChI is InChI=1S/C4H10O5S.K.H/c5-2-1-3-10(7,8)9-4-6;;/h5-6H,1-4H2;;. The molecule has 0 unspecified atom stereocenters. The summed E-state index contributed by atoms with van der Waals surface area (Å²) in [7, 11) is -3.60. The molecule has 0 bridgehead atoms. The first-order valence-electron chi connectivity index (χ1n) is 2.71. The molecule has 0 fully saturated rings. The zero-order valence-electron chi connectivity index (χ0n) is 5.36. The molecule has 64 valence electrons. The third kappa shape index (κ3) is 9.38. The predicted octanol–water partition coefficient (Wildman–Crippen LogP) is -1.98. The average molecular weight is 210 g/mol. The SMILES string of the molecule is O=S(=O)(CCCO)OCO.[KH]. The Balaban J connectivity index is 0. The van der Waals surface area contributed by atoms with Gasteiger partial charge in [-0.05, 0) is 6.42 Å². The number of rotatable bonds is 5. The van der Waals surface area contributed by atoms with Crippen molar-refractivity contribution in [2.75, 3.05) is 19.2 Å². The van der Waals surface area contributed by atoms with Gasteiger partial charge in [0.25, 0.3) is 10.1 Å². The summed E-state index contributed by atoms with van der Waals surface area (Å²) < 4.78 is 24.9. The fourth-order valence-electron chi connectivity index (χ4n) is 0.381. The summed E-state index contributed by atoms with van der Waals surface area (Å²) in [4.78, 5) is 0. The van der Waals surface area contributed by atoms with Crippen LogP contribution in [0.1, 0.15) is 6.42 Å². The molecule has 11 heavy (non-hydrogen) atoms. The molecule has 0 radical (unpaired) electrons. The molecule has 0 saturated carbocycles. The van der Waals surface area contributed by atoms with Crippen molar-refractivity contribution in [3.63, 3.8) is 0 Å². The fourth-order valence-corrected chi connectivity index (χ4v) is 1.14. The first kappa shape index (κ1) is 15.0. The monoisotopic (exact) mass is 210 g/mol. The van der Waals surface area contributed by atoms with Crippen LogP contribution >= 0.6 is 0 Å². The van der Waals surface area contributed by atoms with Gasteiger partial charge in [-0.2, -0.15) is 8.42 Å². The summed E-state index contributed by atoms with van der Waals surface area (Å²) in [5.41, 5.74) is 0. The van der Waals surface area contributed by atoms with Crippen LogP contribution in [0.4, 0.5) is 0 Å². The zero-order valence-corrected chi connectivity index (χ0v) is 6.17. The molecule has 0 aliphatic carbocycles. The molecular weight excluding hydrogens is 199 g/mol. The fraction of sp³-hybridized carbons (Fsp3) is 1.00. The molecule has 0 aromatic rings. The van der Waals surface area contributed by atoms with Crippen LogP contribution < -0.4 is 0 Å². The summed E-state index contributed by atoms with van der Waals surface area (Å²) in [6.07, 6.45) is 0.127. The van der Waals surface area contributed by atoms with E-state index in [4.69, 9.17) is 10.2 Å². The van der Waals surface area contributed by atoms with E-state index >= 15 is 0 Å². The van der Waals surface area contributed by atoms with E-state index in [-0.39, 0.29) is 70.2 Å². The third-order valence-electron chi connectivity index (χ3n) is 0.785. The maximum absolute atomic E-state index is 10.5. The van der Waals surface area contributed by atoms with E-state index in [0.717, 1.165) is 0 Å². The van der Waals surface area contributed by atoms with Gasteiger partial charge in [0.15, 0.2) is 6.79 Å². The first-order valence-corrected chi connectivity index (χ1v) is 4.29. The summed E-state index contributed by atoms with van der Waals surface area (Å²) in [6.45, 7) is -1.04. The molecule has 0 aliphatic rings. The summed E-state index contributed by atoms with van der Waals surface area (Å²) in [5.74, 6) is -0.260. The van der Waals surface area contributed by atoms with Gasteiger partial charge >= 0.3 is 51.4 Å². The summed E-state index contributed by atoms with van der Waals surface area (Å²) >= 11 is 0. The van der Waals surface area contributed by atoms with Crippen molar-refractivity contribution in [3.8, 4) is 0 Å². The van der Waals surface area contributed by atoms with E-state index in [1.807, 2.05) is 0 Å². The molecule has 0 aromatic heterocycles. The van der Waals surface area contributed by atoms with E-state index in [1.165, 1.54) is 0 Å². The van der Waals surface area contributed by atoms with Crippen molar-refractivity contribution in [2.45, 2.75) is 6.42 Å². The number of hydrogen-bond acceptors (Lipinski definition) is 5. The van der Waals surface area contributed by atoms with E-state index in [1.54, 1.807) is 0 Å². The van der Waals surface area contributed by atoms with Crippen molar-refractivity contribution in [1.29, 1.82) is 0 Å². The van der Waals surface area contributed by atoms with Crippen LogP contribution in [0.2, 0.25) is 0 Å². The molecule has 0 aromatic carbocycles. The van der Waals surface area contributed by atoms with Crippen LogP contribution in [0, 0.1) is 0 Å². The van der Waals surface area contributed by atoms with E-state index in [9.17, 15) is 8.42 Å². The second kappa shape index (κ2) is 8.08. The van der Waals surface area contributed by atoms with Gasteiger partial charge in [0.1, 0.15) is 0 Å². The Kier molecular flexibility index (Phi) is 11.0. The van der Waals surface area contributed by atoms with Gasteiger partial charge < -0.3 is 10.2 Å². The van der Waals surface area contributed by atoms with Crippen molar-refractivity contribution in [1.82, 2.24) is 0 Å². The summed E-state index contributed by atoms with van der Waals surface area (Å²) in [6, 6.07) is 0. The van der Waals surface area contributed by atoms with Gasteiger partial charge in [-0.1, -0.05) is 0 Å². The Hall–Kier alpha value is 1.47. The Morgan fingerprint density at radius 3 is 2.18 bits per heavy atom. The van der Waals surface area contributed by atoms with Crippen LogP contribution in [0.3, 0.4) is 0 Å².